The van der Waals surface area contributed by atoms with Crippen LogP contribution in [0.5, 0.6) is 0 Å². The fraction of sp³-hybridized carbons (Fsp3) is 0. The Morgan fingerprint density at radius 2 is 2.25 bits per heavy atom. The lowest BCUT2D eigenvalue weighted by Crippen LogP contribution is -1.89. The largest absolute Gasteiger partial charge is 0.273 e. The molecule has 0 radical (unpaired) electrons. The second kappa shape index (κ2) is 3.32. The van der Waals surface area contributed by atoms with Gasteiger partial charge in [0.25, 0.3) is 10.0 Å². The van der Waals surface area contributed by atoms with Crippen LogP contribution in [-0.2, 0) is 10.0 Å². The first-order valence-electron chi connectivity index (χ1n) is 2.63. The number of azide groups is 1. The molecule has 1 heterocycles. The van der Waals surface area contributed by atoms with Gasteiger partial charge in [0.2, 0.25) is 0 Å². The van der Waals surface area contributed by atoms with Crippen LogP contribution in [0.3, 0.4) is 0 Å². The Bertz CT molecular complexity index is 431. The van der Waals surface area contributed by atoms with Crippen molar-refractivity contribution in [2.75, 3.05) is 0 Å². The molecule has 5 nitrogen and oxygen atoms in total. The highest BCUT2D eigenvalue weighted by atomic mass is 35.5. The van der Waals surface area contributed by atoms with Gasteiger partial charge in [0.1, 0.15) is 4.21 Å². The molecule has 0 bridgehead atoms. The van der Waals surface area contributed by atoms with Crippen LogP contribution in [-0.4, -0.2) is 8.42 Å². The van der Waals surface area contributed by atoms with Crippen molar-refractivity contribution in [3.63, 3.8) is 0 Å². The van der Waals surface area contributed by atoms with Crippen LogP contribution in [0.2, 0.25) is 4.34 Å². The molecule has 0 spiro atoms. The van der Waals surface area contributed by atoms with Gasteiger partial charge in [0.15, 0.2) is 0 Å². The van der Waals surface area contributed by atoms with Gasteiger partial charge in [0, 0.05) is 9.43 Å². The zero-order chi connectivity index (χ0) is 9.19. The monoisotopic (exact) mass is 223 g/mol. The molecular formula is C4H2ClN3O2S2. The van der Waals surface area contributed by atoms with E-state index in [1.54, 1.807) is 0 Å². The fourth-order valence-electron chi connectivity index (χ4n) is 0.525. The Labute approximate surface area is 77.3 Å². The Morgan fingerprint density at radius 1 is 1.58 bits per heavy atom. The first-order valence-corrected chi connectivity index (χ1v) is 5.26. The summed E-state index contributed by atoms with van der Waals surface area (Å²) in [5.41, 5.74) is 7.92. The molecule has 0 saturated carbocycles. The average molecular weight is 224 g/mol. The van der Waals surface area contributed by atoms with Crippen molar-refractivity contribution in [1.82, 2.24) is 0 Å². The second-order valence-electron chi connectivity index (χ2n) is 1.70. The van der Waals surface area contributed by atoms with Crippen LogP contribution in [0, 0.1) is 0 Å². The van der Waals surface area contributed by atoms with E-state index in [2.05, 4.69) is 9.43 Å². The lowest BCUT2D eigenvalue weighted by Gasteiger charge is -1.86. The summed E-state index contributed by atoms with van der Waals surface area (Å²) in [5, 5.41) is 0. The maximum atomic E-state index is 11.0. The van der Waals surface area contributed by atoms with Gasteiger partial charge in [-0.3, -0.25) is 0 Å². The number of halogens is 1. The zero-order valence-corrected chi connectivity index (χ0v) is 7.90. The summed E-state index contributed by atoms with van der Waals surface area (Å²) in [4.78, 5) is 2.19. The molecule has 0 aliphatic carbocycles. The normalized spacial score (nSPS) is 10.8. The van der Waals surface area contributed by atoms with Crippen molar-refractivity contribution < 1.29 is 8.42 Å². The number of nitrogens with zero attached hydrogens (tertiary/aromatic N) is 3. The molecule has 0 N–H and O–H groups in total. The van der Waals surface area contributed by atoms with E-state index in [9.17, 15) is 8.42 Å². The lowest BCUT2D eigenvalue weighted by atomic mass is 10.7. The molecule has 0 atom stereocenters. The van der Waals surface area contributed by atoms with E-state index in [1.165, 1.54) is 12.1 Å². The molecule has 0 amide bonds. The molecular weight excluding hydrogens is 222 g/mol. The SMILES string of the molecule is [N-]=[N+]=NS(=O)(=O)c1ccc(Cl)s1. The maximum Gasteiger partial charge on any atom is 0.273 e. The van der Waals surface area contributed by atoms with Gasteiger partial charge in [-0.25, -0.2) is 8.42 Å². The van der Waals surface area contributed by atoms with E-state index in [1.807, 2.05) is 0 Å². The summed E-state index contributed by atoms with van der Waals surface area (Å²) >= 11 is 6.33. The summed E-state index contributed by atoms with van der Waals surface area (Å²) < 4.78 is 24.9. The van der Waals surface area contributed by atoms with Gasteiger partial charge in [0.05, 0.1) is 4.34 Å². The molecule has 1 rings (SSSR count). The molecule has 12 heavy (non-hydrogen) atoms. The molecule has 0 aliphatic heterocycles. The highest BCUT2D eigenvalue weighted by Gasteiger charge is 2.13. The zero-order valence-electron chi connectivity index (χ0n) is 5.51. The Morgan fingerprint density at radius 3 is 2.67 bits per heavy atom. The van der Waals surface area contributed by atoms with Crippen molar-refractivity contribution in [3.05, 3.63) is 26.9 Å². The third-order valence-electron chi connectivity index (χ3n) is 0.947. The Balaban J connectivity index is 3.23. The first kappa shape index (κ1) is 9.34. The van der Waals surface area contributed by atoms with Crippen LogP contribution >= 0.6 is 22.9 Å². The molecule has 0 unspecified atom stereocenters. The predicted molar refractivity (Wildman–Crippen MR) is 45.7 cm³/mol. The van der Waals surface area contributed by atoms with Crippen LogP contribution in [0.25, 0.3) is 10.4 Å². The average Bonchev–Trinajstić information content (AvgIpc) is 2.36. The molecule has 0 aromatic carbocycles. The number of hydrogen-bond donors (Lipinski definition) is 0. The van der Waals surface area contributed by atoms with Crippen molar-refractivity contribution >= 4 is 33.0 Å². The number of sulfonamides is 1. The second-order valence-corrected chi connectivity index (χ2v) is 5.23. The van der Waals surface area contributed by atoms with Gasteiger partial charge >= 0.3 is 0 Å². The van der Waals surface area contributed by atoms with Gasteiger partial charge in [-0.05, 0) is 17.7 Å². The number of rotatable bonds is 2. The van der Waals surface area contributed by atoms with E-state index in [-0.39, 0.29) is 4.21 Å². The van der Waals surface area contributed by atoms with Crippen molar-refractivity contribution in [1.29, 1.82) is 0 Å². The van der Waals surface area contributed by atoms with Crippen molar-refractivity contribution in [2.45, 2.75) is 4.21 Å². The van der Waals surface area contributed by atoms with Crippen LogP contribution in [0.4, 0.5) is 0 Å². The lowest BCUT2D eigenvalue weighted by molar-refractivity contribution is 0.599. The summed E-state index contributed by atoms with van der Waals surface area (Å²) in [6.45, 7) is 0. The molecule has 8 heteroatoms. The molecule has 64 valence electrons. The summed E-state index contributed by atoms with van der Waals surface area (Å²) in [7, 11) is -3.85. The Hall–Kier alpha value is -0.750. The highest BCUT2D eigenvalue weighted by Crippen LogP contribution is 2.26. The predicted octanol–water partition coefficient (Wildman–Crippen LogP) is 2.40. The minimum Gasteiger partial charge on any atom is -0.215 e. The van der Waals surface area contributed by atoms with Crippen LogP contribution in [0.15, 0.2) is 20.9 Å². The molecule has 0 aliphatic rings. The third kappa shape index (κ3) is 1.89. The highest BCUT2D eigenvalue weighted by molar-refractivity contribution is 7.92. The molecule has 0 saturated heterocycles. The number of thiophene rings is 1. The van der Waals surface area contributed by atoms with E-state index >= 15 is 0 Å². The van der Waals surface area contributed by atoms with Gasteiger partial charge in [-0.1, -0.05) is 11.6 Å². The standard InChI is InChI=1S/C4H2ClN3O2S2/c5-3-1-2-4(11-3)12(9,10)8-7-6/h1-2H. The minimum absolute atomic E-state index is 0.0506. The van der Waals surface area contributed by atoms with E-state index in [0.29, 0.717) is 4.34 Å². The molecule has 1 aromatic rings. The molecule has 0 fully saturated rings. The molecule has 1 aromatic heterocycles. The summed E-state index contributed by atoms with van der Waals surface area (Å²) in [6, 6.07) is 2.71. The van der Waals surface area contributed by atoms with Gasteiger partial charge in [-0.15, -0.1) is 11.3 Å². The topological polar surface area (TPSA) is 82.9 Å². The van der Waals surface area contributed by atoms with Crippen molar-refractivity contribution in [2.24, 2.45) is 4.52 Å². The Kier molecular flexibility index (Phi) is 2.58. The number of hydrogen-bond acceptors (Lipinski definition) is 3. The van der Waals surface area contributed by atoms with E-state index in [0.717, 1.165) is 11.3 Å². The maximum absolute atomic E-state index is 11.0. The van der Waals surface area contributed by atoms with Crippen LogP contribution < -0.4 is 0 Å². The minimum atomic E-state index is -3.85. The van der Waals surface area contributed by atoms with E-state index in [4.69, 9.17) is 17.1 Å². The summed E-state index contributed by atoms with van der Waals surface area (Å²) in [6.07, 6.45) is 0. The smallest absolute Gasteiger partial charge is 0.215 e. The van der Waals surface area contributed by atoms with Crippen molar-refractivity contribution in [3.8, 4) is 0 Å². The first-order chi connectivity index (χ1) is 5.56. The van der Waals surface area contributed by atoms with Crippen LogP contribution in [0.1, 0.15) is 0 Å². The summed E-state index contributed by atoms with van der Waals surface area (Å²) in [5.74, 6) is 0. The quantitative estimate of drug-likeness (QED) is 0.438. The third-order valence-corrected chi connectivity index (χ3v) is 3.79. The fourth-order valence-corrected chi connectivity index (χ4v) is 2.65. The van der Waals surface area contributed by atoms with Gasteiger partial charge in [-0.2, -0.15) is 0 Å². The van der Waals surface area contributed by atoms with E-state index < -0.39 is 10.0 Å². The van der Waals surface area contributed by atoms with Gasteiger partial charge < -0.3 is 0 Å².